The van der Waals surface area contributed by atoms with Crippen molar-refractivity contribution < 1.29 is 18.3 Å². The second-order valence-electron chi connectivity index (χ2n) is 4.59. The lowest BCUT2D eigenvalue weighted by Gasteiger charge is -2.20. The molecule has 0 aliphatic carbocycles. The Hall–Kier alpha value is -1.41. The minimum atomic E-state index is -3.90. The van der Waals surface area contributed by atoms with Gasteiger partial charge < -0.3 is 5.11 Å². The first-order chi connectivity index (χ1) is 8.70. The number of hydrogen-bond donors (Lipinski definition) is 3. The van der Waals surface area contributed by atoms with Gasteiger partial charge in [-0.25, -0.2) is 8.42 Å². The fourth-order valence-corrected chi connectivity index (χ4v) is 3.48. The monoisotopic (exact) mass is 289 g/mol. The molecule has 0 amide bonds. The number of hydrogen-bond acceptors (Lipinski definition) is 4. The van der Waals surface area contributed by atoms with Crippen molar-refractivity contribution in [2.75, 3.05) is 0 Å². The zero-order valence-corrected chi connectivity index (χ0v) is 12.2. The van der Waals surface area contributed by atoms with Crippen molar-refractivity contribution in [1.29, 1.82) is 0 Å². The fraction of sp³-hybridized carbons (Fsp3) is 0.636. The number of carboxylic acid groups (broad SMARTS) is 1. The fourth-order valence-electron chi connectivity index (χ4n) is 1.81. The molecule has 8 heteroatoms. The number of carbonyl (C=O) groups is 1. The van der Waals surface area contributed by atoms with Crippen LogP contribution in [0, 0.1) is 19.8 Å². The predicted octanol–water partition coefficient (Wildman–Crippen LogP) is 0.804. The maximum absolute atomic E-state index is 12.2. The molecule has 0 aromatic carbocycles. The number of nitrogens with one attached hydrogen (secondary N) is 2. The Kier molecular flexibility index (Phi) is 4.70. The summed E-state index contributed by atoms with van der Waals surface area (Å²) in [6.45, 7) is 6.63. The van der Waals surface area contributed by atoms with Gasteiger partial charge in [0.25, 0.3) is 0 Å². The van der Waals surface area contributed by atoms with Crippen molar-refractivity contribution >= 4 is 16.0 Å². The van der Waals surface area contributed by atoms with Crippen LogP contribution >= 0.6 is 0 Å². The van der Waals surface area contributed by atoms with Crippen LogP contribution < -0.4 is 4.72 Å². The molecule has 0 bridgehead atoms. The number of aromatic nitrogens is 2. The smallest absolute Gasteiger partial charge is 0.322 e. The van der Waals surface area contributed by atoms with Crippen molar-refractivity contribution in [1.82, 2.24) is 14.9 Å². The summed E-state index contributed by atoms with van der Waals surface area (Å²) in [4.78, 5) is 11.2. The molecule has 0 saturated carbocycles. The van der Waals surface area contributed by atoms with Gasteiger partial charge in [-0.1, -0.05) is 20.3 Å². The lowest BCUT2D eigenvalue weighted by Crippen LogP contribution is -2.45. The van der Waals surface area contributed by atoms with Gasteiger partial charge in [-0.3, -0.25) is 9.89 Å². The molecule has 0 saturated heterocycles. The first-order valence-corrected chi connectivity index (χ1v) is 7.45. The zero-order chi connectivity index (χ0) is 14.8. The Balaban J connectivity index is 3.12. The summed E-state index contributed by atoms with van der Waals surface area (Å²) >= 11 is 0. The molecule has 0 fully saturated rings. The average molecular weight is 289 g/mol. The Bertz CT molecular complexity index is 545. The van der Waals surface area contributed by atoms with E-state index in [1.165, 1.54) is 0 Å². The van der Waals surface area contributed by atoms with Crippen LogP contribution in [0.2, 0.25) is 0 Å². The summed E-state index contributed by atoms with van der Waals surface area (Å²) in [5.41, 5.74) is 0.705. The molecule has 1 heterocycles. The Morgan fingerprint density at radius 2 is 2.05 bits per heavy atom. The summed E-state index contributed by atoms with van der Waals surface area (Å²) in [6.07, 6.45) is 0.558. The maximum Gasteiger partial charge on any atom is 0.322 e. The van der Waals surface area contributed by atoms with Crippen LogP contribution in [0.4, 0.5) is 0 Å². The van der Waals surface area contributed by atoms with Crippen LogP contribution in [0.3, 0.4) is 0 Å². The second-order valence-corrected chi connectivity index (χ2v) is 6.24. The van der Waals surface area contributed by atoms with Gasteiger partial charge in [0.1, 0.15) is 10.9 Å². The van der Waals surface area contributed by atoms with E-state index in [9.17, 15) is 13.2 Å². The van der Waals surface area contributed by atoms with E-state index < -0.39 is 22.0 Å². The van der Waals surface area contributed by atoms with E-state index in [2.05, 4.69) is 14.9 Å². The molecule has 0 radical (unpaired) electrons. The largest absolute Gasteiger partial charge is 0.480 e. The van der Waals surface area contributed by atoms with E-state index in [-0.39, 0.29) is 10.8 Å². The molecule has 19 heavy (non-hydrogen) atoms. The highest BCUT2D eigenvalue weighted by molar-refractivity contribution is 7.89. The van der Waals surface area contributed by atoms with Crippen LogP contribution in [0.5, 0.6) is 0 Å². The van der Waals surface area contributed by atoms with Crippen molar-refractivity contribution in [2.45, 2.75) is 45.1 Å². The molecule has 0 spiro atoms. The molecule has 3 N–H and O–H groups in total. The molecular formula is C11H19N3O4S. The number of H-pyrrole nitrogens is 1. The number of aliphatic carboxylic acids is 1. The minimum absolute atomic E-state index is 0.0158. The van der Waals surface area contributed by atoms with Crippen molar-refractivity contribution in [3.63, 3.8) is 0 Å². The van der Waals surface area contributed by atoms with Crippen LogP contribution in [-0.4, -0.2) is 35.7 Å². The van der Waals surface area contributed by atoms with Gasteiger partial charge in [-0.2, -0.15) is 9.82 Å². The van der Waals surface area contributed by atoms with Crippen LogP contribution in [0.1, 0.15) is 31.7 Å². The van der Waals surface area contributed by atoms with E-state index in [1.807, 2.05) is 6.92 Å². The molecule has 1 aromatic heterocycles. The number of nitrogens with zero attached hydrogens (tertiary/aromatic N) is 1. The molecule has 0 unspecified atom stereocenters. The molecule has 0 aliphatic rings. The average Bonchev–Trinajstić information content (AvgIpc) is 2.65. The highest BCUT2D eigenvalue weighted by Crippen LogP contribution is 2.18. The zero-order valence-electron chi connectivity index (χ0n) is 11.4. The van der Waals surface area contributed by atoms with Crippen molar-refractivity contribution in [3.05, 3.63) is 11.4 Å². The SMILES string of the molecule is CC[C@H](C)[C@H](NS(=O)(=O)c1c(C)n[nH]c1C)C(=O)O. The van der Waals surface area contributed by atoms with Gasteiger partial charge in [-0.15, -0.1) is 0 Å². The van der Waals surface area contributed by atoms with Crippen molar-refractivity contribution in [3.8, 4) is 0 Å². The summed E-state index contributed by atoms with van der Waals surface area (Å²) in [7, 11) is -3.90. The van der Waals surface area contributed by atoms with Crippen LogP contribution in [0.25, 0.3) is 0 Å². The van der Waals surface area contributed by atoms with Gasteiger partial charge in [0.2, 0.25) is 10.0 Å². The highest BCUT2D eigenvalue weighted by Gasteiger charge is 2.31. The van der Waals surface area contributed by atoms with Gasteiger partial charge in [0.05, 0.1) is 11.4 Å². The summed E-state index contributed by atoms with van der Waals surface area (Å²) in [6, 6.07) is -1.15. The quantitative estimate of drug-likeness (QED) is 0.717. The van der Waals surface area contributed by atoms with E-state index in [4.69, 9.17) is 5.11 Å². The predicted molar refractivity (Wildman–Crippen MR) is 69.3 cm³/mol. The topological polar surface area (TPSA) is 112 Å². The number of aromatic amines is 1. The lowest BCUT2D eigenvalue weighted by atomic mass is 10.0. The summed E-state index contributed by atoms with van der Waals surface area (Å²) in [5, 5.41) is 15.5. The minimum Gasteiger partial charge on any atom is -0.480 e. The third-order valence-electron chi connectivity index (χ3n) is 3.09. The van der Waals surface area contributed by atoms with E-state index >= 15 is 0 Å². The number of carboxylic acids is 1. The Morgan fingerprint density at radius 3 is 2.42 bits per heavy atom. The van der Waals surface area contributed by atoms with E-state index in [0.29, 0.717) is 17.8 Å². The maximum atomic E-state index is 12.2. The molecule has 7 nitrogen and oxygen atoms in total. The molecule has 0 aliphatic heterocycles. The van der Waals surface area contributed by atoms with Gasteiger partial charge in [0, 0.05) is 0 Å². The first kappa shape index (κ1) is 15.6. The third kappa shape index (κ3) is 3.32. The molecular weight excluding hydrogens is 270 g/mol. The highest BCUT2D eigenvalue weighted by atomic mass is 32.2. The standard InChI is InChI=1S/C11H19N3O4S/c1-5-6(2)9(11(15)16)14-19(17,18)10-7(3)12-13-8(10)4/h6,9,14H,5H2,1-4H3,(H,12,13)(H,15,16)/t6-,9-/m0/s1. The molecule has 108 valence electrons. The number of sulfonamides is 1. The van der Waals surface area contributed by atoms with Crippen LogP contribution in [-0.2, 0) is 14.8 Å². The van der Waals surface area contributed by atoms with Gasteiger partial charge >= 0.3 is 5.97 Å². The lowest BCUT2D eigenvalue weighted by molar-refractivity contribution is -0.140. The Labute approximate surface area is 112 Å². The van der Waals surface area contributed by atoms with E-state index in [1.54, 1.807) is 20.8 Å². The van der Waals surface area contributed by atoms with Gasteiger partial charge in [0.15, 0.2) is 0 Å². The molecule has 2 atom stereocenters. The molecule has 1 rings (SSSR count). The first-order valence-electron chi connectivity index (χ1n) is 5.97. The van der Waals surface area contributed by atoms with E-state index in [0.717, 1.165) is 0 Å². The normalized spacial score (nSPS) is 15.2. The second kappa shape index (κ2) is 5.70. The van der Waals surface area contributed by atoms with Crippen molar-refractivity contribution in [2.24, 2.45) is 5.92 Å². The Morgan fingerprint density at radius 1 is 1.47 bits per heavy atom. The van der Waals surface area contributed by atoms with Gasteiger partial charge in [-0.05, 0) is 19.8 Å². The molecule has 1 aromatic rings. The third-order valence-corrected chi connectivity index (χ3v) is 4.79. The number of aryl methyl sites for hydroxylation is 2. The number of rotatable bonds is 6. The summed E-state index contributed by atoms with van der Waals surface area (Å²) in [5.74, 6) is -1.49. The van der Waals surface area contributed by atoms with Crippen LogP contribution in [0.15, 0.2) is 4.90 Å². The summed E-state index contributed by atoms with van der Waals surface area (Å²) < 4.78 is 26.7.